The molecular weight excluding hydrogens is 224 g/mol. The fourth-order valence-corrected chi connectivity index (χ4v) is 2.30. The van der Waals surface area contributed by atoms with E-state index in [2.05, 4.69) is 6.92 Å². The Kier molecular flexibility index (Phi) is 12.8. The summed E-state index contributed by atoms with van der Waals surface area (Å²) in [7, 11) is 0. The van der Waals surface area contributed by atoms with Crippen molar-refractivity contribution in [2.45, 2.75) is 84.5 Å². The molecule has 0 radical (unpaired) electrons. The van der Waals surface area contributed by atoms with E-state index in [0.29, 0.717) is 0 Å². The van der Waals surface area contributed by atoms with Gasteiger partial charge in [-0.05, 0) is 13.3 Å². The SMILES string of the molecule is CCCCCCCCCCCCC(CO)C(C)=O. The number of aliphatic hydroxyl groups is 1. The zero-order valence-corrected chi connectivity index (χ0v) is 12.4. The molecule has 0 spiro atoms. The summed E-state index contributed by atoms with van der Waals surface area (Å²) < 4.78 is 0. The molecule has 0 aromatic rings. The van der Waals surface area contributed by atoms with E-state index in [1.54, 1.807) is 6.92 Å². The quantitative estimate of drug-likeness (QED) is 0.493. The van der Waals surface area contributed by atoms with Crippen LogP contribution in [-0.4, -0.2) is 17.5 Å². The number of hydrogen-bond acceptors (Lipinski definition) is 2. The summed E-state index contributed by atoms with van der Waals surface area (Å²) in [6, 6.07) is 0. The van der Waals surface area contributed by atoms with Gasteiger partial charge in [0.2, 0.25) is 0 Å². The summed E-state index contributed by atoms with van der Waals surface area (Å²) in [5, 5.41) is 9.02. The summed E-state index contributed by atoms with van der Waals surface area (Å²) in [5.41, 5.74) is 0. The highest BCUT2D eigenvalue weighted by Gasteiger charge is 2.11. The monoisotopic (exact) mass is 256 g/mol. The number of Topliss-reactive ketones (excluding diaryl/α,β-unsaturated/α-hetero) is 1. The van der Waals surface area contributed by atoms with Gasteiger partial charge < -0.3 is 5.11 Å². The van der Waals surface area contributed by atoms with Gasteiger partial charge in [-0.1, -0.05) is 71.1 Å². The molecule has 0 aliphatic rings. The van der Waals surface area contributed by atoms with Gasteiger partial charge in [-0.25, -0.2) is 0 Å². The molecule has 2 heteroatoms. The van der Waals surface area contributed by atoms with E-state index in [-0.39, 0.29) is 18.3 Å². The van der Waals surface area contributed by atoms with E-state index in [1.807, 2.05) is 0 Å². The van der Waals surface area contributed by atoms with Crippen molar-refractivity contribution in [1.29, 1.82) is 0 Å². The van der Waals surface area contributed by atoms with Gasteiger partial charge in [-0.15, -0.1) is 0 Å². The predicted octanol–water partition coefficient (Wildman–Crippen LogP) is 4.49. The summed E-state index contributed by atoms with van der Waals surface area (Å²) in [6.45, 7) is 3.85. The topological polar surface area (TPSA) is 37.3 Å². The molecule has 0 aromatic heterocycles. The molecule has 0 saturated heterocycles. The average molecular weight is 256 g/mol. The van der Waals surface area contributed by atoms with Gasteiger partial charge in [0.15, 0.2) is 0 Å². The number of rotatable bonds is 13. The lowest BCUT2D eigenvalue weighted by molar-refractivity contribution is -0.122. The molecule has 0 aliphatic heterocycles. The number of aliphatic hydroxyl groups excluding tert-OH is 1. The van der Waals surface area contributed by atoms with E-state index < -0.39 is 0 Å². The first-order valence-corrected chi connectivity index (χ1v) is 7.83. The van der Waals surface area contributed by atoms with Crippen LogP contribution in [0.5, 0.6) is 0 Å². The molecule has 0 fully saturated rings. The third-order valence-electron chi connectivity index (χ3n) is 3.70. The molecule has 0 amide bonds. The van der Waals surface area contributed by atoms with Gasteiger partial charge in [0.05, 0.1) is 6.61 Å². The van der Waals surface area contributed by atoms with Gasteiger partial charge in [0.25, 0.3) is 0 Å². The fraction of sp³-hybridized carbons (Fsp3) is 0.938. The average Bonchev–Trinajstić information content (AvgIpc) is 2.35. The van der Waals surface area contributed by atoms with Crippen LogP contribution in [0.15, 0.2) is 0 Å². The first kappa shape index (κ1) is 17.6. The van der Waals surface area contributed by atoms with Gasteiger partial charge in [0, 0.05) is 5.92 Å². The summed E-state index contributed by atoms with van der Waals surface area (Å²) >= 11 is 0. The first-order chi connectivity index (χ1) is 8.72. The summed E-state index contributed by atoms with van der Waals surface area (Å²) in [5.74, 6) is 0.0208. The molecule has 0 aromatic carbocycles. The normalized spacial score (nSPS) is 12.6. The zero-order valence-electron chi connectivity index (χ0n) is 12.4. The Bertz CT molecular complexity index is 190. The van der Waals surface area contributed by atoms with Gasteiger partial charge in [0.1, 0.15) is 5.78 Å². The molecule has 108 valence electrons. The summed E-state index contributed by atoms with van der Waals surface area (Å²) in [4.78, 5) is 11.1. The second-order valence-electron chi connectivity index (χ2n) is 5.46. The second kappa shape index (κ2) is 13.1. The zero-order chi connectivity index (χ0) is 13.6. The van der Waals surface area contributed by atoms with Crippen molar-refractivity contribution in [2.24, 2.45) is 5.92 Å². The number of hydrogen-bond donors (Lipinski definition) is 1. The molecule has 0 bridgehead atoms. The number of carbonyl (C=O) groups is 1. The molecule has 1 atom stereocenters. The largest absolute Gasteiger partial charge is 0.396 e. The highest BCUT2D eigenvalue weighted by Crippen LogP contribution is 2.14. The Morgan fingerprint density at radius 1 is 0.889 bits per heavy atom. The van der Waals surface area contributed by atoms with Crippen molar-refractivity contribution in [3.8, 4) is 0 Å². The van der Waals surface area contributed by atoms with Crippen LogP contribution in [0, 0.1) is 5.92 Å². The number of carbonyl (C=O) groups excluding carboxylic acids is 1. The second-order valence-corrected chi connectivity index (χ2v) is 5.46. The van der Waals surface area contributed by atoms with Crippen molar-refractivity contribution >= 4 is 5.78 Å². The molecule has 0 heterocycles. The lowest BCUT2D eigenvalue weighted by Crippen LogP contribution is -2.15. The Morgan fingerprint density at radius 3 is 1.72 bits per heavy atom. The van der Waals surface area contributed by atoms with Gasteiger partial charge in [-0.2, -0.15) is 0 Å². The first-order valence-electron chi connectivity index (χ1n) is 7.83. The smallest absolute Gasteiger partial charge is 0.135 e. The Hall–Kier alpha value is -0.370. The lowest BCUT2D eigenvalue weighted by atomic mass is 9.97. The maximum atomic E-state index is 11.1. The van der Waals surface area contributed by atoms with Crippen molar-refractivity contribution in [3.63, 3.8) is 0 Å². The molecule has 0 aliphatic carbocycles. The molecular formula is C16H32O2. The van der Waals surface area contributed by atoms with Gasteiger partial charge >= 0.3 is 0 Å². The van der Waals surface area contributed by atoms with Crippen LogP contribution in [0.25, 0.3) is 0 Å². The Balaban J connectivity index is 3.18. The predicted molar refractivity (Wildman–Crippen MR) is 77.7 cm³/mol. The highest BCUT2D eigenvalue weighted by atomic mass is 16.3. The lowest BCUT2D eigenvalue weighted by Gasteiger charge is -2.09. The fourth-order valence-electron chi connectivity index (χ4n) is 2.30. The number of ketones is 1. The highest BCUT2D eigenvalue weighted by molar-refractivity contribution is 5.78. The van der Waals surface area contributed by atoms with E-state index in [1.165, 1.54) is 57.8 Å². The number of unbranched alkanes of at least 4 members (excludes halogenated alkanes) is 9. The minimum absolute atomic E-state index is 0.0206. The van der Waals surface area contributed by atoms with Crippen LogP contribution in [-0.2, 0) is 4.79 Å². The van der Waals surface area contributed by atoms with Gasteiger partial charge in [-0.3, -0.25) is 4.79 Å². The third kappa shape index (κ3) is 10.8. The van der Waals surface area contributed by atoms with E-state index in [0.717, 1.165) is 12.8 Å². The van der Waals surface area contributed by atoms with Crippen LogP contribution >= 0.6 is 0 Å². The molecule has 0 saturated carbocycles. The van der Waals surface area contributed by atoms with E-state index in [4.69, 9.17) is 5.11 Å². The van der Waals surface area contributed by atoms with Crippen LogP contribution in [0.2, 0.25) is 0 Å². The van der Waals surface area contributed by atoms with Crippen molar-refractivity contribution in [3.05, 3.63) is 0 Å². The Labute approximate surface area is 113 Å². The van der Waals surface area contributed by atoms with E-state index in [9.17, 15) is 4.79 Å². The molecule has 18 heavy (non-hydrogen) atoms. The summed E-state index contributed by atoms with van der Waals surface area (Å²) in [6.07, 6.45) is 14.0. The molecule has 1 N–H and O–H groups in total. The maximum absolute atomic E-state index is 11.1. The maximum Gasteiger partial charge on any atom is 0.135 e. The third-order valence-corrected chi connectivity index (χ3v) is 3.70. The molecule has 0 rings (SSSR count). The molecule has 2 nitrogen and oxygen atoms in total. The standard InChI is InChI=1S/C16H32O2/c1-3-4-5-6-7-8-9-10-11-12-13-16(14-17)15(2)18/h16-17H,3-14H2,1-2H3. The van der Waals surface area contributed by atoms with Crippen molar-refractivity contribution in [1.82, 2.24) is 0 Å². The van der Waals surface area contributed by atoms with Crippen LogP contribution in [0.3, 0.4) is 0 Å². The minimum atomic E-state index is -0.112. The Morgan fingerprint density at radius 2 is 1.33 bits per heavy atom. The van der Waals surface area contributed by atoms with Crippen LogP contribution < -0.4 is 0 Å². The van der Waals surface area contributed by atoms with Crippen LogP contribution in [0.4, 0.5) is 0 Å². The molecule has 1 unspecified atom stereocenters. The van der Waals surface area contributed by atoms with Crippen molar-refractivity contribution < 1.29 is 9.90 Å². The van der Waals surface area contributed by atoms with Crippen LogP contribution in [0.1, 0.15) is 84.5 Å². The minimum Gasteiger partial charge on any atom is -0.396 e. The van der Waals surface area contributed by atoms with E-state index >= 15 is 0 Å². The van der Waals surface area contributed by atoms with Crippen molar-refractivity contribution in [2.75, 3.05) is 6.61 Å².